The summed E-state index contributed by atoms with van der Waals surface area (Å²) in [6, 6.07) is 10.1. The first-order valence-corrected chi connectivity index (χ1v) is 7.35. The van der Waals surface area contributed by atoms with Gasteiger partial charge in [-0.2, -0.15) is 0 Å². The zero-order valence-electron chi connectivity index (χ0n) is 13.2. The fourth-order valence-corrected chi connectivity index (χ4v) is 2.32. The van der Waals surface area contributed by atoms with E-state index in [9.17, 15) is 14.3 Å². The summed E-state index contributed by atoms with van der Waals surface area (Å²) in [5, 5.41) is 12.1. The Bertz CT molecular complexity index is 701. The summed E-state index contributed by atoms with van der Waals surface area (Å²) in [6.07, 6.45) is 0.180. The molecule has 0 aromatic heterocycles. The molecule has 2 N–H and O–H groups in total. The van der Waals surface area contributed by atoms with E-state index >= 15 is 0 Å². The van der Waals surface area contributed by atoms with E-state index < -0.39 is 5.82 Å². The second kappa shape index (κ2) is 7.74. The number of rotatable bonds is 6. The van der Waals surface area contributed by atoms with Gasteiger partial charge in [0.1, 0.15) is 6.61 Å². The fraction of sp³-hybridized carbons (Fsp3) is 0.278. The topological polar surface area (TPSA) is 58.6 Å². The third-order valence-corrected chi connectivity index (χ3v) is 3.63. The number of likely N-dealkylation sites (N-methyl/N-ethyl adjacent to an activating group) is 1. The van der Waals surface area contributed by atoms with Gasteiger partial charge in [-0.05, 0) is 41.3 Å². The summed E-state index contributed by atoms with van der Waals surface area (Å²) in [4.78, 5) is 11.6. The molecule has 2 rings (SSSR count). The Morgan fingerprint density at radius 2 is 2.00 bits per heavy atom. The van der Waals surface area contributed by atoms with E-state index in [0.717, 1.165) is 11.1 Å². The van der Waals surface area contributed by atoms with Crippen molar-refractivity contribution in [3.63, 3.8) is 0 Å². The highest BCUT2D eigenvalue weighted by Crippen LogP contribution is 2.22. The molecule has 0 bridgehead atoms. The van der Waals surface area contributed by atoms with Crippen LogP contribution in [0.2, 0.25) is 0 Å². The minimum Gasteiger partial charge on any atom is -0.486 e. The van der Waals surface area contributed by atoms with Crippen molar-refractivity contribution in [1.29, 1.82) is 0 Å². The molecule has 0 atom stereocenters. The van der Waals surface area contributed by atoms with E-state index in [1.54, 1.807) is 44.3 Å². The molecular formula is C18H20FNO3. The molecule has 2 aromatic carbocycles. The van der Waals surface area contributed by atoms with E-state index in [1.165, 1.54) is 6.07 Å². The third kappa shape index (κ3) is 4.29. The van der Waals surface area contributed by atoms with Gasteiger partial charge in [-0.3, -0.25) is 4.79 Å². The lowest BCUT2D eigenvalue weighted by atomic mass is 9.99. The number of carbonyl (C=O) groups excluding carboxylic acids is 1. The predicted molar refractivity (Wildman–Crippen MR) is 85.6 cm³/mol. The van der Waals surface area contributed by atoms with E-state index in [4.69, 9.17) is 4.74 Å². The first kappa shape index (κ1) is 17.0. The molecule has 0 saturated carbocycles. The average Bonchev–Trinajstić information content (AvgIpc) is 2.54. The van der Waals surface area contributed by atoms with Crippen LogP contribution in [0.5, 0.6) is 5.75 Å². The Balaban J connectivity index is 2.24. The lowest BCUT2D eigenvalue weighted by molar-refractivity contribution is -0.119. The highest BCUT2D eigenvalue weighted by molar-refractivity contribution is 5.78. The van der Waals surface area contributed by atoms with Gasteiger partial charge in [0.15, 0.2) is 11.6 Å². The molecule has 5 heteroatoms. The lowest BCUT2D eigenvalue weighted by Crippen LogP contribution is -2.21. The number of benzene rings is 2. The number of hydrogen-bond acceptors (Lipinski definition) is 3. The zero-order valence-corrected chi connectivity index (χ0v) is 13.2. The smallest absolute Gasteiger partial charge is 0.224 e. The summed E-state index contributed by atoms with van der Waals surface area (Å²) < 4.78 is 19.4. The van der Waals surface area contributed by atoms with Gasteiger partial charge in [0.25, 0.3) is 0 Å². The van der Waals surface area contributed by atoms with Crippen LogP contribution in [0, 0.1) is 12.7 Å². The molecule has 0 fully saturated rings. The van der Waals surface area contributed by atoms with Crippen molar-refractivity contribution in [1.82, 2.24) is 5.32 Å². The van der Waals surface area contributed by atoms with Crippen LogP contribution >= 0.6 is 0 Å². The van der Waals surface area contributed by atoms with Crippen LogP contribution < -0.4 is 10.1 Å². The van der Waals surface area contributed by atoms with Crippen molar-refractivity contribution in [3.8, 4) is 5.75 Å². The van der Waals surface area contributed by atoms with Gasteiger partial charge in [0.2, 0.25) is 5.91 Å². The molecule has 0 spiro atoms. The second-order valence-corrected chi connectivity index (χ2v) is 5.29. The summed E-state index contributed by atoms with van der Waals surface area (Å²) in [6.45, 7) is 1.72. The Labute approximate surface area is 134 Å². The first-order chi connectivity index (χ1) is 11.0. The molecule has 0 aliphatic heterocycles. The molecule has 0 aliphatic carbocycles. The minimum absolute atomic E-state index is 0.0864. The van der Waals surface area contributed by atoms with Gasteiger partial charge in [0, 0.05) is 7.05 Å². The average molecular weight is 317 g/mol. The van der Waals surface area contributed by atoms with Crippen molar-refractivity contribution in [2.45, 2.75) is 26.6 Å². The summed E-state index contributed by atoms with van der Waals surface area (Å²) >= 11 is 0. The lowest BCUT2D eigenvalue weighted by Gasteiger charge is -2.15. The number of hydrogen-bond donors (Lipinski definition) is 2. The molecule has 23 heavy (non-hydrogen) atoms. The number of ether oxygens (including phenoxy) is 1. The Kier molecular flexibility index (Phi) is 5.71. The van der Waals surface area contributed by atoms with E-state index in [1.807, 2.05) is 0 Å². The van der Waals surface area contributed by atoms with Gasteiger partial charge in [-0.15, -0.1) is 0 Å². The number of aryl methyl sites for hydroxylation is 1. The summed E-state index contributed by atoms with van der Waals surface area (Å²) in [7, 11) is 1.57. The third-order valence-electron chi connectivity index (χ3n) is 3.63. The maximum Gasteiger partial charge on any atom is 0.224 e. The highest BCUT2D eigenvalue weighted by Gasteiger charge is 2.13. The maximum absolute atomic E-state index is 13.9. The summed E-state index contributed by atoms with van der Waals surface area (Å²) in [5.41, 5.74) is 2.94. The number of aliphatic hydroxyl groups excluding tert-OH is 1. The van der Waals surface area contributed by atoms with Gasteiger partial charge in [-0.25, -0.2) is 4.39 Å². The largest absolute Gasteiger partial charge is 0.486 e. The standard InChI is InChI=1S/C18H20FNO3/c1-12-6-7-17(16(19)8-12)23-11-15-13(9-18(22)20-2)4-3-5-14(15)10-21/h3-8,21H,9-11H2,1-2H3,(H,20,22). The molecule has 0 unspecified atom stereocenters. The summed E-state index contributed by atoms with van der Waals surface area (Å²) in [5.74, 6) is -0.420. The molecule has 0 saturated heterocycles. The SMILES string of the molecule is CNC(=O)Cc1cccc(CO)c1COc1ccc(C)cc1F. The van der Waals surface area contributed by atoms with Crippen LogP contribution in [0.15, 0.2) is 36.4 Å². The van der Waals surface area contributed by atoms with Crippen LogP contribution in [-0.2, 0) is 24.4 Å². The molecular weight excluding hydrogens is 297 g/mol. The number of nitrogens with one attached hydrogen (secondary N) is 1. The molecule has 1 amide bonds. The second-order valence-electron chi connectivity index (χ2n) is 5.29. The molecule has 0 aliphatic rings. The molecule has 4 nitrogen and oxygen atoms in total. The fourth-order valence-electron chi connectivity index (χ4n) is 2.32. The highest BCUT2D eigenvalue weighted by atomic mass is 19.1. The van der Waals surface area contributed by atoms with Crippen molar-refractivity contribution < 1.29 is 19.0 Å². The van der Waals surface area contributed by atoms with Gasteiger partial charge in [-0.1, -0.05) is 24.3 Å². The van der Waals surface area contributed by atoms with Crippen LogP contribution in [0.4, 0.5) is 4.39 Å². The van der Waals surface area contributed by atoms with Crippen LogP contribution in [0.25, 0.3) is 0 Å². The number of amides is 1. The van der Waals surface area contributed by atoms with E-state index in [0.29, 0.717) is 11.1 Å². The zero-order chi connectivity index (χ0) is 16.8. The van der Waals surface area contributed by atoms with Gasteiger partial charge < -0.3 is 15.2 Å². The van der Waals surface area contributed by atoms with Crippen LogP contribution in [-0.4, -0.2) is 18.1 Å². The van der Waals surface area contributed by atoms with Crippen molar-refractivity contribution in [2.75, 3.05) is 7.05 Å². The predicted octanol–water partition coefficient (Wildman–Crippen LogP) is 2.49. The number of aliphatic hydroxyl groups is 1. The minimum atomic E-state index is -0.431. The van der Waals surface area contributed by atoms with Crippen LogP contribution in [0.1, 0.15) is 22.3 Å². The van der Waals surface area contributed by atoms with Crippen molar-refractivity contribution in [2.24, 2.45) is 0 Å². The Hall–Kier alpha value is -2.40. The van der Waals surface area contributed by atoms with E-state index in [-0.39, 0.29) is 31.3 Å². The van der Waals surface area contributed by atoms with Crippen LogP contribution in [0.3, 0.4) is 0 Å². The van der Waals surface area contributed by atoms with Gasteiger partial charge >= 0.3 is 0 Å². The first-order valence-electron chi connectivity index (χ1n) is 7.35. The maximum atomic E-state index is 13.9. The van der Waals surface area contributed by atoms with Crippen molar-refractivity contribution >= 4 is 5.91 Å². The Morgan fingerprint density at radius 3 is 2.65 bits per heavy atom. The van der Waals surface area contributed by atoms with Gasteiger partial charge in [0.05, 0.1) is 13.0 Å². The Morgan fingerprint density at radius 1 is 1.26 bits per heavy atom. The normalized spacial score (nSPS) is 10.4. The van der Waals surface area contributed by atoms with E-state index in [2.05, 4.69) is 5.32 Å². The number of carbonyl (C=O) groups is 1. The molecule has 122 valence electrons. The molecule has 0 heterocycles. The monoisotopic (exact) mass is 317 g/mol. The molecule has 0 radical (unpaired) electrons. The quantitative estimate of drug-likeness (QED) is 0.860. The molecule has 2 aromatic rings. The van der Waals surface area contributed by atoms with Crippen molar-refractivity contribution in [3.05, 3.63) is 64.5 Å². The number of halogens is 1.